The Balaban J connectivity index is 1.61. The van der Waals surface area contributed by atoms with Gasteiger partial charge in [0, 0.05) is 5.41 Å². The van der Waals surface area contributed by atoms with Crippen molar-refractivity contribution in [3.63, 3.8) is 0 Å². The summed E-state index contributed by atoms with van der Waals surface area (Å²) in [5, 5.41) is 0. The summed E-state index contributed by atoms with van der Waals surface area (Å²) in [5.74, 6) is 9.35. The van der Waals surface area contributed by atoms with Gasteiger partial charge in [0.2, 0.25) is 0 Å². The van der Waals surface area contributed by atoms with Gasteiger partial charge < -0.3 is 0 Å². The number of rotatable bonds is 1. The van der Waals surface area contributed by atoms with E-state index in [9.17, 15) is 0 Å². The number of terminal acetylenes is 1. The lowest BCUT2D eigenvalue weighted by Gasteiger charge is -2.74. The quantitative estimate of drug-likeness (QED) is 0.478. The Hall–Kier alpha value is -0.700. The van der Waals surface area contributed by atoms with Crippen molar-refractivity contribution < 1.29 is 0 Å². The molecular formula is C20H26. The molecule has 0 aromatic carbocycles. The van der Waals surface area contributed by atoms with Gasteiger partial charge >= 0.3 is 0 Å². The second-order valence-corrected chi connectivity index (χ2v) is 8.88. The van der Waals surface area contributed by atoms with Gasteiger partial charge in [-0.15, -0.1) is 6.42 Å². The van der Waals surface area contributed by atoms with Crippen molar-refractivity contribution in [1.82, 2.24) is 0 Å². The van der Waals surface area contributed by atoms with Crippen LogP contribution in [0.4, 0.5) is 0 Å². The zero-order valence-corrected chi connectivity index (χ0v) is 12.9. The normalized spacial score (nSPS) is 62.0. The highest BCUT2D eigenvalue weighted by molar-refractivity contribution is 5.28. The van der Waals surface area contributed by atoms with Gasteiger partial charge in [-0.2, -0.15) is 0 Å². The molecule has 7 aliphatic rings. The molecule has 7 aliphatic carbocycles. The van der Waals surface area contributed by atoms with Crippen molar-refractivity contribution in [2.45, 2.75) is 52.4 Å². The summed E-state index contributed by atoms with van der Waals surface area (Å²) >= 11 is 0. The van der Waals surface area contributed by atoms with E-state index in [1.165, 1.54) is 38.5 Å². The van der Waals surface area contributed by atoms with Crippen molar-refractivity contribution >= 4 is 0 Å². The minimum atomic E-state index is 0.330. The summed E-state index contributed by atoms with van der Waals surface area (Å²) < 4.78 is 0. The molecule has 0 heterocycles. The van der Waals surface area contributed by atoms with Crippen LogP contribution in [0, 0.1) is 58.7 Å². The molecule has 0 unspecified atom stereocenters. The molecule has 0 amide bonds. The van der Waals surface area contributed by atoms with Crippen LogP contribution in [0.3, 0.4) is 0 Å². The fourth-order valence-electron chi connectivity index (χ4n) is 7.89. The first kappa shape index (κ1) is 11.9. The Kier molecular flexibility index (Phi) is 2.01. The highest BCUT2D eigenvalue weighted by Crippen LogP contribution is 2.77. The molecule has 0 N–H and O–H groups in total. The summed E-state index contributed by atoms with van der Waals surface area (Å²) in [5.41, 5.74) is 2.64. The van der Waals surface area contributed by atoms with Gasteiger partial charge in [0.05, 0.1) is 0 Å². The third kappa shape index (κ3) is 1.11. The van der Waals surface area contributed by atoms with Crippen LogP contribution in [0.2, 0.25) is 0 Å². The summed E-state index contributed by atoms with van der Waals surface area (Å²) in [6, 6.07) is 0. The smallest absolute Gasteiger partial charge is 0.0320 e. The third-order valence-electron chi connectivity index (χ3n) is 8.63. The average Bonchev–Trinajstić information content (AvgIpc) is 2.50. The summed E-state index contributed by atoms with van der Waals surface area (Å²) in [7, 11) is 0. The van der Waals surface area contributed by atoms with Crippen LogP contribution in [0.5, 0.6) is 0 Å². The Morgan fingerprint density at radius 2 is 1.30 bits per heavy atom. The first-order chi connectivity index (χ1) is 9.61. The average molecular weight is 266 g/mol. The van der Waals surface area contributed by atoms with Gasteiger partial charge in [0.15, 0.2) is 0 Å². The highest BCUT2D eigenvalue weighted by Gasteiger charge is 2.70. The van der Waals surface area contributed by atoms with E-state index in [-0.39, 0.29) is 0 Å². The maximum Gasteiger partial charge on any atom is 0.0320 e. The van der Waals surface area contributed by atoms with E-state index in [1.807, 2.05) is 0 Å². The molecule has 0 atom stereocenters. The summed E-state index contributed by atoms with van der Waals surface area (Å²) in [6.07, 6.45) is 17.0. The number of hydrogen-bond acceptors (Lipinski definition) is 0. The lowest BCUT2D eigenvalue weighted by molar-refractivity contribution is -0.237. The minimum Gasteiger partial charge on any atom is -0.120 e. The van der Waals surface area contributed by atoms with Crippen LogP contribution >= 0.6 is 0 Å². The van der Waals surface area contributed by atoms with Crippen molar-refractivity contribution in [2.24, 2.45) is 46.3 Å². The lowest BCUT2D eigenvalue weighted by atomic mass is 9.30. The Morgan fingerprint density at radius 1 is 0.900 bits per heavy atom. The van der Waals surface area contributed by atoms with E-state index in [0.29, 0.717) is 10.8 Å². The number of hydrogen-bond donors (Lipinski definition) is 0. The van der Waals surface area contributed by atoms with Gasteiger partial charge in [-0.25, -0.2) is 0 Å². The maximum absolute atomic E-state index is 5.97. The lowest BCUT2D eigenvalue weighted by Crippen LogP contribution is -2.67. The van der Waals surface area contributed by atoms with Crippen LogP contribution in [0.1, 0.15) is 52.4 Å². The topological polar surface area (TPSA) is 0 Å². The van der Waals surface area contributed by atoms with Gasteiger partial charge in [0.25, 0.3) is 0 Å². The molecule has 0 aromatic rings. The van der Waals surface area contributed by atoms with E-state index in [0.717, 1.165) is 35.5 Å². The summed E-state index contributed by atoms with van der Waals surface area (Å²) in [4.78, 5) is 0. The first-order valence-corrected chi connectivity index (χ1v) is 8.73. The Bertz CT molecular complexity index is 480. The van der Waals surface area contributed by atoms with Crippen LogP contribution < -0.4 is 0 Å². The zero-order chi connectivity index (χ0) is 13.7. The fraction of sp³-hybridized carbons (Fsp3) is 0.800. The highest BCUT2D eigenvalue weighted by atomic mass is 14.7. The van der Waals surface area contributed by atoms with E-state index >= 15 is 0 Å². The molecule has 0 spiro atoms. The van der Waals surface area contributed by atoms with Gasteiger partial charge in [0.1, 0.15) is 0 Å². The number of allylic oxidation sites excluding steroid dienone is 2. The third-order valence-corrected chi connectivity index (χ3v) is 8.63. The van der Waals surface area contributed by atoms with Crippen LogP contribution in [0.15, 0.2) is 11.6 Å². The van der Waals surface area contributed by atoms with Crippen LogP contribution in [0.25, 0.3) is 0 Å². The van der Waals surface area contributed by atoms with Crippen molar-refractivity contribution in [3.05, 3.63) is 11.6 Å². The van der Waals surface area contributed by atoms with E-state index in [1.54, 1.807) is 5.57 Å². The molecule has 20 heavy (non-hydrogen) atoms. The molecule has 7 rings (SSSR count). The van der Waals surface area contributed by atoms with Crippen LogP contribution in [-0.2, 0) is 0 Å². The molecule has 7 fully saturated rings. The fourth-order valence-corrected chi connectivity index (χ4v) is 7.89. The predicted molar refractivity (Wildman–Crippen MR) is 81.8 cm³/mol. The minimum absolute atomic E-state index is 0.330. The standard InChI is InChI=1S/C20H26/c1-4-12(3)20-9-16-13-6-19(5-2)7-14(16)18(11-20)15(8-19)17(13)10-20/h2,4,13-18H,6-11H2,1,3H3/b12-4-. The second kappa shape index (κ2) is 3.37. The second-order valence-electron chi connectivity index (χ2n) is 8.88. The molecule has 7 saturated carbocycles. The molecule has 0 aromatic heterocycles. The molecule has 0 heteroatoms. The van der Waals surface area contributed by atoms with Crippen molar-refractivity contribution in [1.29, 1.82) is 0 Å². The van der Waals surface area contributed by atoms with Crippen molar-refractivity contribution in [3.8, 4) is 12.3 Å². The SMILES string of the molecule is C#CC12CC3C4CC5(/C(C)=C\C)CC3C(C1)C(C5)C4C2. The largest absolute Gasteiger partial charge is 0.120 e. The molecule has 0 radical (unpaired) electrons. The predicted octanol–water partition coefficient (Wildman–Crippen LogP) is 4.66. The maximum atomic E-state index is 5.97. The Morgan fingerprint density at radius 3 is 1.65 bits per heavy atom. The molecule has 106 valence electrons. The zero-order valence-electron chi connectivity index (χ0n) is 12.9. The monoisotopic (exact) mass is 266 g/mol. The van der Waals surface area contributed by atoms with Gasteiger partial charge in [-0.3, -0.25) is 0 Å². The molecule has 0 nitrogen and oxygen atoms in total. The Labute approximate surface area is 123 Å². The molecule has 0 saturated heterocycles. The molecule has 8 bridgehead atoms. The van der Waals surface area contributed by atoms with Gasteiger partial charge in [-0.1, -0.05) is 17.6 Å². The first-order valence-electron chi connectivity index (χ1n) is 8.73. The van der Waals surface area contributed by atoms with Crippen molar-refractivity contribution in [2.75, 3.05) is 0 Å². The van der Waals surface area contributed by atoms with E-state index in [2.05, 4.69) is 25.8 Å². The van der Waals surface area contributed by atoms with E-state index < -0.39 is 0 Å². The summed E-state index contributed by atoms with van der Waals surface area (Å²) in [6.45, 7) is 4.66. The van der Waals surface area contributed by atoms with Crippen LogP contribution in [-0.4, -0.2) is 0 Å². The van der Waals surface area contributed by atoms with Gasteiger partial charge in [-0.05, 0) is 93.3 Å². The molecule has 0 aliphatic heterocycles. The molecular weight excluding hydrogens is 240 g/mol. The van der Waals surface area contributed by atoms with E-state index in [4.69, 9.17) is 6.42 Å².